The van der Waals surface area contributed by atoms with E-state index in [0.29, 0.717) is 15.6 Å². The van der Waals surface area contributed by atoms with E-state index in [1.54, 1.807) is 0 Å². The van der Waals surface area contributed by atoms with Gasteiger partial charge in [0.2, 0.25) is 22.8 Å². The van der Waals surface area contributed by atoms with Gasteiger partial charge in [0.1, 0.15) is 12.8 Å². The Balaban J connectivity index is 1.42. The molecule has 0 fully saturated rings. The van der Waals surface area contributed by atoms with Crippen molar-refractivity contribution in [3.8, 4) is 56.2 Å². The number of halogens is 2. The second kappa shape index (κ2) is 14.0. The van der Waals surface area contributed by atoms with Gasteiger partial charge >= 0.3 is 0 Å². The van der Waals surface area contributed by atoms with Crippen LogP contribution in [0.2, 0.25) is 10.0 Å². The van der Waals surface area contributed by atoms with Crippen molar-refractivity contribution in [3.63, 3.8) is 0 Å². The summed E-state index contributed by atoms with van der Waals surface area (Å²) in [5.41, 5.74) is 12.7. The highest BCUT2D eigenvalue weighted by molar-refractivity contribution is 6.31. The molecule has 7 aromatic rings. The van der Waals surface area contributed by atoms with Gasteiger partial charge in [-0.1, -0.05) is 102 Å². The Hall–Kier alpha value is -5.74. The van der Waals surface area contributed by atoms with Gasteiger partial charge in [-0.15, -0.1) is 0 Å². The van der Waals surface area contributed by atoms with Crippen molar-refractivity contribution in [1.82, 2.24) is 0 Å². The van der Waals surface area contributed by atoms with E-state index in [9.17, 15) is 5.11 Å². The zero-order chi connectivity index (χ0) is 36.7. The number of phenols is 1. The lowest BCUT2D eigenvalue weighted by molar-refractivity contribution is -0.572. The number of aromatic nitrogens is 1. The predicted molar refractivity (Wildman–Crippen MR) is 221 cm³/mol. The lowest BCUT2D eigenvalue weighted by Gasteiger charge is -2.16. The van der Waals surface area contributed by atoms with Gasteiger partial charge in [0, 0.05) is 74.3 Å². The Labute approximate surface area is 321 Å². The summed E-state index contributed by atoms with van der Waals surface area (Å²) in [7, 11) is 2.11. The molecule has 5 heteroatoms. The number of rotatable bonds is 7. The lowest BCUT2D eigenvalue weighted by Crippen LogP contribution is -2.36. The summed E-state index contributed by atoms with van der Waals surface area (Å²) in [5, 5.41) is 13.4. The van der Waals surface area contributed by atoms with E-state index < -0.39 is 0 Å². The maximum atomic E-state index is 12.1. The van der Waals surface area contributed by atoms with Crippen LogP contribution in [0, 0.1) is 0 Å². The summed E-state index contributed by atoms with van der Waals surface area (Å²) in [6, 6.07) is 53.6. The summed E-state index contributed by atoms with van der Waals surface area (Å²) >= 11 is 12.9. The average Bonchev–Trinajstić information content (AvgIpc) is 3.38. The molecule has 0 aliphatic carbocycles. The number of hydrogen-bond donors (Lipinski definition) is 1. The zero-order valence-electron chi connectivity index (χ0n) is 29.8. The van der Waals surface area contributed by atoms with Crippen molar-refractivity contribution in [2.24, 2.45) is 0 Å². The maximum Gasteiger partial charge on any atom is 0.219 e. The molecular formula is C48H38Cl2N2O+2. The van der Waals surface area contributed by atoms with Crippen LogP contribution in [0.15, 0.2) is 164 Å². The number of aromatic hydroxyl groups is 1. The molecule has 2 heterocycles. The first-order valence-corrected chi connectivity index (χ1v) is 18.4. The number of hydrogen-bond acceptors (Lipinski definition) is 1. The second-order valence-electron chi connectivity index (χ2n) is 13.9. The minimum Gasteiger partial charge on any atom is -0.507 e. The molecule has 6 aromatic carbocycles. The molecule has 1 N–H and O–H groups in total. The topological polar surface area (TPSA) is 27.1 Å². The van der Waals surface area contributed by atoms with E-state index in [0.717, 1.165) is 56.2 Å². The van der Waals surface area contributed by atoms with Crippen LogP contribution in [0.4, 0.5) is 5.69 Å². The monoisotopic (exact) mass is 728 g/mol. The fourth-order valence-electron chi connectivity index (χ4n) is 7.54. The number of allylic oxidation sites excluding steroid dienone is 1. The van der Waals surface area contributed by atoms with Crippen molar-refractivity contribution < 1.29 is 14.2 Å². The van der Waals surface area contributed by atoms with Gasteiger partial charge in [-0.25, -0.2) is 0 Å². The predicted octanol–water partition coefficient (Wildman–Crippen LogP) is 12.4. The van der Waals surface area contributed by atoms with Gasteiger partial charge in [-0.2, -0.15) is 9.14 Å². The normalized spacial score (nSPS) is 13.5. The van der Waals surface area contributed by atoms with Crippen LogP contribution in [0.25, 0.3) is 56.5 Å². The van der Waals surface area contributed by atoms with Crippen LogP contribution < -0.4 is 4.57 Å². The molecule has 1 aliphatic rings. The Kier molecular flexibility index (Phi) is 9.08. The quantitative estimate of drug-likeness (QED) is 0.163. The summed E-state index contributed by atoms with van der Waals surface area (Å²) in [6.07, 6.45) is 4.20. The standard InChI is InChI=1S/C48H37Cl2N2O/c1-48(2)42-16-10-11-17-43(42)51(3)46(48)27-22-36-28-40(31-41(47(36)53)33-14-8-5-9-15-33)52-44(34-18-23-38(49)24-19-34)29-37(32-12-6-4-7-13-32)30-45(52)35-20-25-39(50)26-21-35/h4-31H,1-3H3/q+1/p+1. The maximum absolute atomic E-state index is 12.1. The van der Waals surface area contributed by atoms with Crippen molar-refractivity contribution in [3.05, 3.63) is 185 Å². The van der Waals surface area contributed by atoms with Crippen LogP contribution in [-0.4, -0.2) is 22.4 Å². The van der Waals surface area contributed by atoms with Crippen LogP contribution >= 0.6 is 23.2 Å². The fraction of sp³-hybridized carbons (Fsp3) is 0.0833. The van der Waals surface area contributed by atoms with E-state index in [1.165, 1.54) is 11.3 Å². The molecule has 0 atom stereocenters. The molecule has 0 unspecified atom stereocenters. The van der Waals surface area contributed by atoms with E-state index in [4.69, 9.17) is 23.2 Å². The molecule has 0 saturated carbocycles. The summed E-state index contributed by atoms with van der Waals surface area (Å²) in [4.78, 5) is 0. The smallest absolute Gasteiger partial charge is 0.219 e. The number of para-hydroxylation sites is 1. The highest BCUT2D eigenvalue weighted by Crippen LogP contribution is 2.41. The Morgan fingerprint density at radius 2 is 1.08 bits per heavy atom. The minimum absolute atomic E-state index is 0.218. The first kappa shape index (κ1) is 34.4. The molecule has 0 saturated heterocycles. The van der Waals surface area contributed by atoms with Crippen LogP contribution in [0.5, 0.6) is 5.75 Å². The van der Waals surface area contributed by atoms with Gasteiger partial charge in [-0.3, -0.25) is 0 Å². The Morgan fingerprint density at radius 3 is 1.64 bits per heavy atom. The molecule has 258 valence electrons. The first-order valence-electron chi connectivity index (χ1n) is 17.7. The number of nitrogens with zero attached hydrogens (tertiary/aromatic N) is 2. The molecule has 1 aromatic heterocycles. The second-order valence-corrected chi connectivity index (χ2v) is 14.8. The molecule has 0 bridgehead atoms. The summed E-state index contributed by atoms with van der Waals surface area (Å²) in [6.45, 7) is 4.50. The number of pyridine rings is 1. The molecule has 1 aliphatic heterocycles. The van der Waals surface area contributed by atoms with Gasteiger partial charge < -0.3 is 5.11 Å². The Morgan fingerprint density at radius 1 is 0.547 bits per heavy atom. The highest BCUT2D eigenvalue weighted by Gasteiger charge is 2.42. The van der Waals surface area contributed by atoms with Crippen molar-refractivity contribution >= 4 is 40.7 Å². The van der Waals surface area contributed by atoms with Crippen molar-refractivity contribution in [1.29, 1.82) is 0 Å². The third-order valence-corrected chi connectivity index (χ3v) is 10.8. The van der Waals surface area contributed by atoms with Gasteiger partial charge in [0.05, 0.1) is 5.41 Å². The summed E-state index contributed by atoms with van der Waals surface area (Å²) in [5.74, 6) is 0.218. The van der Waals surface area contributed by atoms with Crippen molar-refractivity contribution in [2.75, 3.05) is 7.05 Å². The highest BCUT2D eigenvalue weighted by atomic mass is 35.5. The van der Waals surface area contributed by atoms with Crippen molar-refractivity contribution in [2.45, 2.75) is 19.3 Å². The third kappa shape index (κ3) is 6.48. The minimum atomic E-state index is -0.219. The van der Waals surface area contributed by atoms with E-state index in [-0.39, 0.29) is 11.2 Å². The SMILES string of the molecule is C[N+]1=C(/C=C\c2cc(-[n+]3c(-c4ccc(Cl)cc4)cc(-c4ccccc4)cc3-c3ccc(Cl)cc3)cc(-c3ccccc3)c2O)C(C)(C)c2ccccc21. The van der Waals surface area contributed by atoms with Gasteiger partial charge in [0.15, 0.2) is 5.71 Å². The van der Waals surface area contributed by atoms with Crippen LogP contribution in [-0.2, 0) is 5.41 Å². The first-order chi connectivity index (χ1) is 25.7. The van der Waals surface area contributed by atoms with Gasteiger partial charge in [-0.05, 0) is 85.1 Å². The molecule has 8 rings (SSSR count). The lowest BCUT2D eigenvalue weighted by atomic mass is 9.81. The molecule has 3 nitrogen and oxygen atoms in total. The molecule has 0 spiro atoms. The van der Waals surface area contributed by atoms with Crippen LogP contribution in [0.1, 0.15) is 25.0 Å². The van der Waals surface area contributed by atoms with Crippen LogP contribution in [0.3, 0.4) is 0 Å². The number of phenolic OH excluding ortho intramolecular Hbond substituents is 1. The number of fused-ring (bicyclic) bond motifs is 1. The molecule has 53 heavy (non-hydrogen) atoms. The number of benzene rings is 6. The largest absolute Gasteiger partial charge is 0.507 e. The molecule has 0 amide bonds. The summed E-state index contributed by atoms with van der Waals surface area (Å²) < 4.78 is 4.52. The van der Waals surface area contributed by atoms with Gasteiger partial charge in [0.25, 0.3) is 0 Å². The fourth-order valence-corrected chi connectivity index (χ4v) is 7.79. The zero-order valence-corrected chi connectivity index (χ0v) is 31.3. The molecule has 0 radical (unpaired) electrons. The van der Waals surface area contributed by atoms with E-state index in [2.05, 4.69) is 133 Å². The van der Waals surface area contributed by atoms with E-state index >= 15 is 0 Å². The Bertz CT molecular complexity index is 2470. The average molecular weight is 730 g/mol. The van der Waals surface area contributed by atoms with E-state index in [1.807, 2.05) is 66.7 Å². The third-order valence-electron chi connectivity index (χ3n) is 10.3. The molecular weight excluding hydrogens is 691 g/mol.